The second-order valence-corrected chi connectivity index (χ2v) is 5.44. The van der Waals surface area contributed by atoms with Crippen molar-refractivity contribution in [2.75, 3.05) is 38.7 Å². The summed E-state index contributed by atoms with van der Waals surface area (Å²) in [6, 6.07) is 0. The highest BCUT2D eigenvalue weighted by atomic mass is 35.5. The van der Waals surface area contributed by atoms with Crippen molar-refractivity contribution in [3.63, 3.8) is 0 Å². The summed E-state index contributed by atoms with van der Waals surface area (Å²) < 4.78 is 0. The summed E-state index contributed by atoms with van der Waals surface area (Å²) in [5.74, 6) is 0.617. The fourth-order valence-corrected chi connectivity index (χ4v) is 1.62. The average Bonchev–Trinajstić information content (AvgIpc) is 2.49. The third-order valence-corrected chi connectivity index (χ3v) is 3.20. The lowest BCUT2D eigenvalue weighted by molar-refractivity contribution is 0.264. The third-order valence-electron chi connectivity index (χ3n) is 2.69. The Bertz CT molecular complexity index is 390. The van der Waals surface area contributed by atoms with Crippen LogP contribution in [0.5, 0.6) is 0 Å². The van der Waals surface area contributed by atoms with Crippen LogP contribution in [0.2, 0.25) is 0 Å². The van der Waals surface area contributed by atoms with Gasteiger partial charge in [-0.15, -0.1) is 11.6 Å². The van der Waals surface area contributed by atoms with E-state index in [4.69, 9.17) is 44.9 Å². The van der Waals surface area contributed by atoms with Gasteiger partial charge in [-0.1, -0.05) is 18.5 Å². The minimum atomic E-state index is -1.07. The topological polar surface area (TPSA) is 142 Å². The lowest BCUT2D eigenvalue weighted by atomic mass is 10.1. The molecule has 6 N–H and O–H groups in total. The van der Waals surface area contributed by atoms with E-state index in [9.17, 15) is 0 Å². The number of aliphatic hydroxyl groups excluding tert-OH is 2. The summed E-state index contributed by atoms with van der Waals surface area (Å²) in [4.78, 5) is 7.92. The van der Waals surface area contributed by atoms with E-state index in [0.717, 1.165) is 0 Å². The van der Waals surface area contributed by atoms with Gasteiger partial charge in [-0.3, -0.25) is 9.98 Å². The molecule has 10 heteroatoms. The molecule has 0 radical (unpaired) electrons. The molecule has 0 aliphatic rings. The van der Waals surface area contributed by atoms with Gasteiger partial charge in [-0.25, -0.2) is 0 Å². The second kappa shape index (κ2) is 12.6. The van der Waals surface area contributed by atoms with E-state index in [1.807, 2.05) is 6.92 Å². The minimum absolute atomic E-state index is 0.00676. The Morgan fingerprint density at radius 2 is 1.73 bits per heavy atom. The van der Waals surface area contributed by atoms with Gasteiger partial charge >= 0.3 is 0 Å². The maximum atomic E-state index is 8.93. The van der Waals surface area contributed by atoms with Crippen LogP contribution in [0.15, 0.2) is 20.2 Å². The van der Waals surface area contributed by atoms with Crippen LogP contribution in [0.25, 0.3) is 0 Å². The van der Waals surface area contributed by atoms with Gasteiger partial charge in [0.25, 0.3) is 0 Å². The molecule has 0 aliphatic carbocycles. The van der Waals surface area contributed by atoms with E-state index in [-0.39, 0.29) is 49.8 Å². The molecule has 0 bridgehead atoms. The molecular formula is C12H24Cl2N6O2. The Labute approximate surface area is 140 Å². The maximum absolute atomic E-state index is 8.93. The number of aliphatic imine (C=N–C) groups is 2. The lowest BCUT2D eigenvalue weighted by Gasteiger charge is -2.11. The molecular weight excluding hydrogens is 331 g/mol. The first kappa shape index (κ1) is 21.0. The van der Waals surface area contributed by atoms with Gasteiger partial charge < -0.3 is 21.7 Å². The van der Waals surface area contributed by atoms with Crippen molar-refractivity contribution < 1.29 is 10.2 Å². The number of amidine groups is 2. The van der Waals surface area contributed by atoms with Gasteiger partial charge in [0.05, 0.1) is 44.5 Å². The largest absolute Gasteiger partial charge is 0.394 e. The summed E-state index contributed by atoms with van der Waals surface area (Å²) in [6.07, 6.45) is 0. The monoisotopic (exact) mass is 354 g/mol. The van der Waals surface area contributed by atoms with E-state index in [0.29, 0.717) is 12.4 Å². The van der Waals surface area contributed by atoms with Crippen LogP contribution in [0, 0.1) is 11.8 Å². The van der Waals surface area contributed by atoms with E-state index >= 15 is 0 Å². The van der Waals surface area contributed by atoms with Crippen LogP contribution in [0.4, 0.5) is 0 Å². The van der Waals surface area contributed by atoms with E-state index in [1.54, 1.807) is 0 Å². The highest BCUT2D eigenvalue weighted by Crippen LogP contribution is 2.04. The molecule has 0 aromatic heterocycles. The smallest absolute Gasteiger partial charge is 0.147 e. The molecule has 0 heterocycles. The number of nitrogens with two attached hydrogens (primary N) is 2. The SMILES string of the molecule is CC(CN=NCC(CCl)C(N)=NCC(O)Cl)C(N)=NCCO. The number of hydrogen-bond acceptors (Lipinski definition) is 6. The Morgan fingerprint density at radius 1 is 1.09 bits per heavy atom. The average molecular weight is 355 g/mol. The zero-order valence-electron chi connectivity index (χ0n) is 12.6. The molecule has 0 fully saturated rings. The molecule has 0 saturated carbocycles. The number of rotatable bonds is 11. The fraction of sp³-hybridized carbons (Fsp3) is 0.833. The molecule has 0 saturated heterocycles. The van der Waals surface area contributed by atoms with Gasteiger partial charge in [0, 0.05) is 11.8 Å². The number of nitrogens with zero attached hydrogens (tertiary/aromatic N) is 4. The molecule has 0 amide bonds. The third kappa shape index (κ3) is 9.88. The Kier molecular flexibility index (Phi) is 12.0. The second-order valence-electron chi connectivity index (χ2n) is 4.63. The summed E-state index contributed by atoms with van der Waals surface area (Å²) in [5, 5.41) is 25.6. The normalized spacial score (nSPS) is 17.7. The summed E-state index contributed by atoms with van der Waals surface area (Å²) in [7, 11) is 0. The minimum Gasteiger partial charge on any atom is -0.394 e. The fourth-order valence-electron chi connectivity index (χ4n) is 1.30. The first-order valence-electron chi connectivity index (χ1n) is 6.84. The van der Waals surface area contributed by atoms with Crippen molar-refractivity contribution in [3.8, 4) is 0 Å². The molecule has 0 aliphatic heterocycles. The van der Waals surface area contributed by atoms with E-state index in [2.05, 4.69) is 20.2 Å². The van der Waals surface area contributed by atoms with Crippen LogP contribution in [-0.2, 0) is 0 Å². The summed E-state index contributed by atoms with van der Waals surface area (Å²) >= 11 is 11.2. The van der Waals surface area contributed by atoms with Gasteiger partial charge in [-0.2, -0.15) is 10.2 Å². The number of halogens is 2. The van der Waals surface area contributed by atoms with Crippen molar-refractivity contribution in [2.24, 2.45) is 43.5 Å². The molecule has 3 atom stereocenters. The van der Waals surface area contributed by atoms with E-state index < -0.39 is 5.56 Å². The van der Waals surface area contributed by atoms with Crippen molar-refractivity contribution in [3.05, 3.63) is 0 Å². The van der Waals surface area contributed by atoms with Crippen molar-refractivity contribution >= 4 is 34.9 Å². The van der Waals surface area contributed by atoms with Crippen molar-refractivity contribution in [1.29, 1.82) is 0 Å². The highest BCUT2D eigenvalue weighted by Gasteiger charge is 2.12. The summed E-state index contributed by atoms with van der Waals surface area (Å²) in [5.41, 5.74) is 10.4. The Balaban J connectivity index is 4.30. The summed E-state index contributed by atoms with van der Waals surface area (Å²) in [6.45, 7) is 2.78. The molecule has 3 unspecified atom stereocenters. The Hall–Kier alpha value is -0.960. The highest BCUT2D eigenvalue weighted by molar-refractivity contribution is 6.20. The van der Waals surface area contributed by atoms with Gasteiger partial charge in [0.2, 0.25) is 0 Å². The number of alkyl halides is 2. The van der Waals surface area contributed by atoms with Gasteiger partial charge in [-0.05, 0) is 0 Å². The molecule has 0 spiro atoms. The van der Waals surface area contributed by atoms with Crippen molar-refractivity contribution in [1.82, 2.24) is 0 Å². The predicted octanol–water partition coefficient (Wildman–Crippen LogP) is 0.194. The maximum Gasteiger partial charge on any atom is 0.147 e. The first-order chi connectivity index (χ1) is 10.4. The van der Waals surface area contributed by atoms with Gasteiger partial charge in [0.15, 0.2) is 0 Å². The van der Waals surface area contributed by atoms with Crippen LogP contribution in [0.1, 0.15) is 6.92 Å². The molecule has 128 valence electrons. The van der Waals surface area contributed by atoms with Crippen LogP contribution in [0.3, 0.4) is 0 Å². The molecule has 0 aromatic rings. The zero-order valence-corrected chi connectivity index (χ0v) is 14.1. The van der Waals surface area contributed by atoms with Crippen LogP contribution in [-0.4, -0.2) is 66.1 Å². The van der Waals surface area contributed by atoms with Crippen molar-refractivity contribution in [2.45, 2.75) is 12.5 Å². The predicted molar refractivity (Wildman–Crippen MR) is 89.9 cm³/mol. The number of hydrogen-bond donors (Lipinski definition) is 4. The quantitative estimate of drug-likeness (QED) is 0.182. The standard InChI is InChI=1S/C12H24Cl2N6O2/c1-8(11(15)17-2-3-21)5-19-20-6-9(4-13)12(16)18-7-10(14)22/h8-10,21-22H,2-7H2,1H3,(H2,15,17)(H2,16,18). The molecule has 0 aromatic carbocycles. The lowest BCUT2D eigenvalue weighted by Crippen LogP contribution is -2.28. The zero-order chi connectivity index (χ0) is 17.0. The molecule has 22 heavy (non-hydrogen) atoms. The van der Waals surface area contributed by atoms with Gasteiger partial charge in [0.1, 0.15) is 11.4 Å². The first-order valence-corrected chi connectivity index (χ1v) is 7.81. The van der Waals surface area contributed by atoms with E-state index in [1.165, 1.54) is 0 Å². The number of azo groups is 1. The van der Waals surface area contributed by atoms with Crippen LogP contribution >= 0.6 is 23.2 Å². The molecule has 0 rings (SSSR count). The number of aliphatic hydroxyl groups is 2. The van der Waals surface area contributed by atoms with Crippen LogP contribution < -0.4 is 11.5 Å². The molecule has 8 nitrogen and oxygen atoms in total. The Morgan fingerprint density at radius 3 is 2.27 bits per heavy atom.